The molecule has 17 heavy (non-hydrogen) atoms. The van der Waals surface area contributed by atoms with Crippen molar-refractivity contribution in [3.63, 3.8) is 0 Å². The number of hydrogen-bond acceptors (Lipinski definition) is 3. The van der Waals surface area contributed by atoms with Crippen LogP contribution in [-0.2, 0) is 9.59 Å². The molecule has 0 aromatic rings. The molecule has 0 aromatic heterocycles. The average molecular weight is 241 g/mol. The number of carbonyl (C=O) groups excluding carboxylic acids is 1. The lowest BCUT2D eigenvalue weighted by atomic mass is 9.71. The quantitative estimate of drug-likeness (QED) is 0.694. The normalized spacial score (nSPS) is 33.0. The number of carboxylic acids is 1. The van der Waals surface area contributed by atoms with E-state index in [2.05, 4.69) is 0 Å². The minimum Gasteiger partial charge on any atom is -0.481 e. The van der Waals surface area contributed by atoms with Gasteiger partial charge in [0.1, 0.15) is 6.42 Å². The van der Waals surface area contributed by atoms with Gasteiger partial charge in [0.2, 0.25) is 5.91 Å². The molecule has 1 amide bonds. The molecule has 2 aliphatic rings. The summed E-state index contributed by atoms with van der Waals surface area (Å²) in [6.07, 6.45) is 4.05. The van der Waals surface area contributed by atoms with E-state index >= 15 is 0 Å². The molecule has 0 radical (unpaired) electrons. The van der Waals surface area contributed by atoms with Crippen LogP contribution in [0.3, 0.4) is 0 Å². The zero-order valence-corrected chi connectivity index (χ0v) is 9.89. The van der Waals surface area contributed by atoms with Crippen molar-refractivity contribution in [2.75, 3.05) is 13.1 Å². The van der Waals surface area contributed by atoms with Crippen molar-refractivity contribution in [2.24, 2.45) is 5.92 Å². The first kappa shape index (κ1) is 12.4. The number of nitrogens with zero attached hydrogens (tertiary/aromatic N) is 1. The van der Waals surface area contributed by atoms with Crippen molar-refractivity contribution >= 4 is 11.9 Å². The predicted molar refractivity (Wildman–Crippen MR) is 60.4 cm³/mol. The van der Waals surface area contributed by atoms with Gasteiger partial charge in [-0.3, -0.25) is 9.59 Å². The second-order valence-corrected chi connectivity index (χ2v) is 5.21. The monoisotopic (exact) mass is 241 g/mol. The number of piperidine rings is 1. The van der Waals surface area contributed by atoms with Crippen molar-refractivity contribution in [1.29, 1.82) is 0 Å². The fourth-order valence-corrected chi connectivity index (χ4v) is 3.04. The highest BCUT2D eigenvalue weighted by molar-refractivity contribution is 5.93. The lowest BCUT2D eigenvalue weighted by Gasteiger charge is -2.47. The third-order valence-corrected chi connectivity index (χ3v) is 4.08. The summed E-state index contributed by atoms with van der Waals surface area (Å²) in [5.74, 6) is -1.28. The Morgan fingerprint density at radius 1 is 1.29 bits per heavy atom. The molecule has 1 aliphatic heterocycles. The van der Waals surface area contributed by atoms with Gasteiger partial charge < -0.3 is 15.1 Å². The molecule has 1 heterocycles. The van der Waals surface area contributed by atoms with Crippen LogP contribution in [0.4, 0.5) is 0 Å². The Morgan fingerprint density at radius 3 is 2.76 bits per heavy atom. The van der Waals surface area contributed by atoms with Gasteiger partial charge in [-0.15, -0.1) is 0 Å². The Balaban J connectivity index is 1.97. The highest BCUT2D eigenvalue weighted by Gasteiger charge is 2.43. The number of likely N-dealkylation sites (tertiary alicyclic amines) is 1. The van der Waals surface area contributed by atoms with Crippen LogP contribution in [0.15, 0.2) is 0 Å². The minimum atomic E-state index is -1.08. The Hall–Kier alpha value is -1.10. The maximum atomic E-state index is 11.7. The van der Waals surface area contributed by atoms with Gasteiger partial charge in [-0.1, -0.05) is 12.8 Å². The molecule has 1 aliphatic carbocycles. The minimum absolute atomic E-state index is 0.128. The van der Waals surface area contributed by atoms with Crippen molar-refractivity contribution in [3.05, 3.63) is 0 Å². The molecule has 2 atom stereocenters. The number of fused-ring (bicyclic) bond motifs is 1. The Morgan fingerprint density at radius 2 is 2.06 bits per heavy atom. The largest absolute Gasteiger partial charge is 0.481 e. The summed E-state index contributed by atoms with van der Waals surface area (Å²) in [7, 11) is 0. The number of carbonyl (C=O) groups is 2. The second-order valence-electron chi connectivity index (χ2n) is 5.21. The summed E-state index contributed by atoms with van der Waals surface area (Å²) < 4.78 is 0. The molecule has 2 rings (SSSR count). The maximum absolute atomic E-state index is 11.7. The second kappa shape index (κ2) is 4.64. The molecule has 2 fully saturated rings. The van der Waals surface area contributed by atoms with E-state index in [-0.39, 0.29) is 11.8 Å². The van der Waals surface area contributed by atoms with Crippen molar-refractivity contribution < 1.29 is 19.8 Å². The summed E-state index contributed by atoms with van der Waals surface area (Å²) in [5, 5.41) is 19.0. The van der Waals surface area contributed by atoms with E-state index in [4.69, 9.17) is 5.11 Å². The number of rotatable bonds is 2. The fourth-order valence-electron chi connectivity index (χ4n) is 3.04. The lowest BCUT2D eigenvalue weighted by Crippen LogP contribution is -2.54. The highest BCUT2D eigenvalue weighted by atomic mass is 16.4. The summed E-state index contributed by atoms with van der Waals surface area (Å²) in [6, 6.07) is 0. The SMILES string of the molecule is O=C(O)CC(=O)N1CCC2(O)CCCCC2C1. The topological polar surface area (TPSA) is 77.8 Å². The molecule has 0 bridgehead atoms. The van der Waals surface area contributed by atoms with E-state index in [0.717, 1.165) is 25.7 Å². The van der Waals surface area contributed by atoms with Gasteiger partial charge in [-0.25, -0.2) is 0 Å². The van der Waals surface area contributed by atoms with Gasteiger partial charge >= 0.3 is 5.97 Å². The summed E-state index contributed by atoms with van der Waals surface area (Å²) >= 11 is 0. The smallest absolute Gasteiger partial charge is 0.312 e. The first-order chi connectivity index (χ1) is 8.01. The molecular formula is C12H19NO4. The Bertz CT molecular complexity index is 330. The van der Waals surface area contributed by atoms with E-state index in [1.165, 1.54) is 0 Å². The van der Waals surface area contributed by atoms with Gasteiger partial charge in [0.25, 0.3) is 0 Å². The molecule has 2 unspecified atom stereocenters. The van der Waals surface area contributed by atoms with Gasteiger partial charge in [0.05, 0.1) is 5.60 Å². The van der Waals surface area contributed by atoms with Crippen molar-refractivity contribution in [1.82, 2.24) is 4.90 Å². The molecule has 5 nitrogen and oxygen atoms in total. The average Bonchev–Trinajstić information content (AvgIpc) is 2.26. The standard InChI is InChI=1S/C12H19NO4/c14-10(7-11(15)16)13-6-5-12(17)4-2-1-3-9(12)8-13/h9,17H,1-8H2,(H,15,16). The van der Waals surface area contributed by atoms with Crippen LogP contribution < -0.4 is 0 Å². The molecule has 2 N–H and O–H groups in total. The third-order valence-electron chi connectivity index (χ3n) is 4.08. The van der Waals surface area contributed by atoms with E-state index in [0.29, 0.717) is 19.5 Å². The lowest BCUT2D eigenvalue weighted by molar-refractivity contribution is -0.150. The van der Waals surface area contributed by atoms with Crippen LogP contribution in [0.25, 0.3) is 0 Å². The van der Waals surface area contributed by atoms with Crippen LogP contribution in [0.1, 0.15) is 38.5 Å². The molecule has 96 valence electrons. The molecule has 1 saturated carbocycles. The molecular weight excluding hydrogens is 222 g/mol. The Labute approximate surface area is 100 Å². The summed E-state index contributed by atoms with van der Waals surface area (Å²) in [6.45, 7) is 1.00. The van der Waals surface area contributed by atoms with Crippen LogP contribution in [0.2, 0.25) is 0 Å². The summed E-state index contributed by atoms with van der Waals surface area (Å²) in [4.78, 5) is 23.7. The number of aliphatic hydroxyl groups is 1. The van der Waals surface area contributed by atoms with Gasteiger partial charge in [-0.2, -0.15) is 0 Å². The van der Waals surface area contributed by atoms with Crippen LogP contribution in [-0.4, -0.2) is 45.7 Å². The van der Waals surface area contributed by atoms with Gasteiger partial charge in [0, 0.05) is 19.0 Å². The molecule has 1 saturated heterocycles. The fraction of sp³-hybridized carbons (Fsp3) is 0.833. The molecule has 0 aromatic carbocycles. The number of amides is 1. The Kier molecular flexibility index (Phi) is 3.38. The molecule has 0 spiro atoms. The van der Waals surface area contributed by atoms with E-state index in [1.54, 1.807) is 4.90 Å². The zero-order valence-electron chi connectivity index (χ0n) is 9.89. The van der Waals surface area contributed by atoms with E-state index in [9.17, 15) is 14.7 Å². The predicted octanol–water partition coefficient (Wildman–Crippen LogP) is 0.615. The van der Waals surface area contributed by atoms with Crippen LogP contribution >= 0.6 is 0 Å². The molecule has 5 heteroatoms. The number of aliphatic carboxylic acids is 1. The highest BCUT2D eigenvalue weighted by Crippen LogP contribution is 2.39. The van der Waals surface area contributed by atoms with E-state index < -0.39 is 18.0 Å². The number of hydrogen-bond donors (Lipinski definition) is 2. The first-order valence-electron chi connectivity index (χ1n) is 6.23. The van der Waals surface area contributed by atoms with Gasteiger partial charge in [0.15, 0.2) is 0 Å². The first-order valence-corrected chi connectivity index (χ1v) is 6.23. The summed E-state index contributed by atoms with van der Waals surface area (Å²) in [5.41, 5.74) is -0.613. The zero-order chi connectivity index (χ0) is 12.5. The van der Waals surface area contributed by atoms with E-state index in [1.807, 2.05) is 0 Å². The maximum Gasteiger partial charge on any atom is 0.312 e. The van der Waals surface area contributed by atoms with Crippen molar-refractivity contribution in [2.45, 2.75) is 44.1 Å². The number of carboxylic acid groups (broad SMARTS) is 1. The van der Waals surface area contributed by atoms with Gasteiger partial charge in [-0.05, 0) is 19.3 Å². The van der Waals surface area contributed by atoms with Crippen LogP contribution in [0, 0.1) is 5.92 Å². The van der Waals surface area contributed by atoms with Crippen LogP contribution in [0.5, 0.6) is 0 Å². The third kappa shape index (κ3) is 2.60. The van der Waals surface area contributed by atoms with Crippen molar-refractivity contribution in [3.8, 4) is 0 Å².